The van der Waals surface area contributed by atoms with Crippen molar-refractivity contribution in [1.82, 2.24) is 0 Å². The molecule has 0 aliphatic heterocycles. The monoisotopic (exact) mass is 282 g/mol. The van der Waals surface area contributed by atoms with E-state index in [1.807, 2.05) is 25.1 Å². The van der Waals surface area contributed by atoms with E-state index < -0.39 is 0 Å². The van der Waals surface area contributed by atoms with Gasteiger partial charge in [0.15, 0.2) is 0 Å². The Morgan fingerprint density at radius 2 is 2.11 bits per heavy atom. The molecule has 0 unspecified atom stereocenters. The lowest BCUT2D eigenvalue weighted by molar-refractivity contribution is -0.113. The summed E-state index contributed by atoms with van der Waals surface area (Å²) in [7, 11) is 0. The molecular weight excluding hydrogens is 260 g/mol. The molecule has 1 aromatic carbocycles. The zero-order valence-corrected chi connectivity index (χ0v) is 12.4. The van der Waals surface area contributed by atoms with Crippen LogP contribution in [0, 0.1) is 13.8 Å². The Bertz CT molecular complexity index is 410. The van der Waals surface area contributed by atoms with Crippen molar-refractivity contribution in [3.8, 4) is 0 Å². The highest BCUT2D eigenvalue weighted by atomic mass is 32.2. The molecule has 0 saturated carbocycles. The summed E-state index contributed by atoms with van der Waals surface area (Å²) < 4.78 is 5.23. The van der Waals surface area contributed by atoms with Gasteiger partial charge in [-0.3, -0.25) is 4.79 Å². The molecule has 4 nitrogen and oxygen atoms in total. The smallest absolute Gasteiger partial charge is 0.234 e. The first kappa shape index (κ1) is 16.0. The Balaban J connectivity index is 2.21. The number of amides is 1. The van der Waals surface area contributed by atoms with Crippen LogP contribution >= 0.6 is 11.8 Å². The van der Waals surface area contributed by atoms with Gasteiger partial charge in [0.1, 0.15) is 0 Å². The molecule has 0 aliphatic rings. The van der Waals surface area contributed by atoms with Crippen molar-refractivity contribution in [1.29, 1.82) is 0 Å². The fourth-order valence-electron chi connectivity index (χ4n) is 1.48. The molecule has 106 valence electrons. The maximum atomic E-state index is 11.7. The minimum Gasteiger partial charge on any atom is -0.379 e. The molecule has 0 aliphatic carbocycles. The van der Waals surface area contributed by atoms with Crippen LogP contribution in [0.5, 0.6) is 0 Å². The normalized spacial score (nSPS) is 10.5. The number of hydrogen-bond acceptors (Lipinski definition) is 4. The van der Waals surface area contributed by atoms with E-state index in [1.54, 1.807) is 11.8 Å². The number of hydrogen-bond donors (Lipinski definition) is 2. The lowest BCUT2D eigenvalue weighted by Gasteiger charge is -2.07. The van der Waals surface area contributed by atoms with Crippen LogP contribution in [0.4, 0.5) is 5.69 Å². The minimum absolute atomic E-state index is 0.0204. The Kier molecular flexibility index (Phi) is 7.55. The van der Waals surface area contributed by atoms with Crippen LogP contribution in [0.2, 0.25) is 0 Å². The van der Waals surface area contributed by atoms with Gasteiger partial charge in [-0.25, -0.2) is 0 Å². The summed E-state index contributed by atoms with van der Waals surface area (Å²) in [6, 6.07) is 5.93. The first-order chi connectivity index (χ1) is 9.13. The number of benzene rings is 1. The summed E-state index contributed by atoms with van der Waals surface area (Å²) in [6.07, 6.45) is 0. The molecule has 5 heteroatoms. The number of thioether (sulfide) groups is 1. The second-order valence-electron chi connectivity index (χ2n) is 4.30. The van der Waals surface area contributed by atoms with Crippen LogP contribution in [0.25, 0.3) is 0 Å². The van der Waals surface area contributed by atoms with Crippen molar-refractivity contribution >= 4 is 23.4 Å². The molecule has 0 radical (unpaired) electrons. The number of anilines is 1. The van der Waals surface area contributed by atoms with E-state index in [4.69, 9.17) is 10.5 Å². The third-order valence-corrected chi connectivity index (χ3v) is 3.58. The predicted octanol–water partition coefficient (Wildman–Crippen LogP) is 1.95. The van der Waals surface area contributed by atoms with E-state index >= 15 is 0 Å². The molecule has 3 N–H and O–H groups in total. The van der Waals surface area contributed by atoms with Crippen LogP contribution in [-0.4, -0.2) is 37.2 Å². The highest BCUT2D eigenvalue weighted by Crippen LogP contribution is 2.14. The second kappa shape index (κ2) is 8.96. The zero-order valence-electron chi connectivity index (χ0n) is 11.6. The Hall–Kier alpha value is -1.04. The first-order valence-electron chi connectivity index (χ1n) is 6.36. The van der Waals surface area contributed by atoms with Crippen LogP contribution < -0.4 is 11.1 Å². The summed E-state index contributed by atoms with van der Waals surface area (Å²) in [5.41, 5.74) is 8.57. The van der Waals surface area contributed by atoms with Gasteiger partial charge in [-0.1, -0.05) is 6.07 Å². The molecule has 1 aromatic rings. The third-order valence-electron chi connectivity index (χ3n) is 2.66. The van der Waals surface area contributed by atoms with Gasteiger partial charge in [-0.15, -0.1) is 11.8 Å². The second-order valence-corrected chi connectivity index (χ2v) is 5.41. The van der Waals surface area contributed by atoms with Gasteiger partial charge in [0, 0.05) is 18.0 Å². The van der Waals surface area contributed by atoms with Gasteiger partial charge in [0.05, 0.1) is 19.0 Å². The molecule has 0 fully saturated rings. The molecule has 0 bridgehead atoms. The molecule has 0 saturated heterocycles. The van der Waals surface area contributed by atoms with E-state index in [9.17, 15) is 4.79 Å². The highest BCUT2D eigenvalue weighted by molar-refractivity contribution is 7.99. The van der Waals surface area contributed by atoms with Gasteiger partial charge in [-0.05, 0) is 37.1 Å². The van der Waals surface area contributed by atoms with Crippen molar-refractivity contribution in [3.63, 3.8) is 0 Å². The maximum absolute atomic E-state index is 11.7. The van der Waals surface area contributed by atoms with Crippen LogP contribution in [0.15, 0.2) is 18.2 Å². The summed E-state index contributed by atoms with van der Waals surface area (Å²) in [5.74, 6) is 1.27. The predicted molar refractivity (Wildman–Crippen MR) is 81.7 cm³/mol. The largest absolute Gasteiger partial charge is 0.379 e. The SMILES string of the molecule is Cc1ccc(NC(=O)CSCCOCCN)cc1C. The van der Waals surface area contributed by atoms with Gasteiger partial charge in [0.2, 0.25) is 5.91 Å². The van der Waals surface area contributed by atoms with E-state index in [2.05, 4.69) is 12.2 Å². The lowest BCUT2D eigenvalue weighted by atomic mass is 10.1. The van der Waals surface area contributed by atoms with Crippen LogP contribution in [0.1, 0.15) is 11.1 Å². The van der Waals surface area contributed by atoms with Gasteiger partial charge in [0.25, 0.3) is 0 Å². The summed E-state index contributed by atoms with van der Waals surface area (Å²) in [6.45, 7) is 5.85. The van der Waals surface area contributed by atoms with Crippen molar-refractivity contribution in [2.45, 2.75) is 13.8 Å². The number of rotatable bonds is 8. The number of ether oxygens (including phenoxy) is 1. The minimum atomic E-state index is 0.0204. The lowest BCUT2D eigenvalue weighted by Crippen LogP contribution is -2.15. The Morgan fingerprint density at radius 3 is 2.79 bits per heavy atom. The number of nitrogens with two attached hydrogens (primary N) is 1. The number of carbonyl (C=O) groups is 1. The molecule has 0 atom stereocenters. The Morgan fingerprint density at radius 1 is 1.32 bits per heavy atom. The third kappa shape index (κ3) is 6.61. The van der Waals surface area contributed by atoms with Crippen molar-refractivity contribution in [2.75, 3.05) is 36.6 Å². The average molecular weight is 282 g/mol. The van der Waals surface area contributed by atoms with Gasteiger partial charge >= 0.3 is 0 Å². The van der Waals surface area contributed by atoms with E-state index in [0.29, 0.717) is 25.5 Å². The summed E-state index contributed by atoms with van der Waals surface area (Å²) in [4.78, 5) is 11.7. The fourth-order valence-corrected chi connectivity index (χ4v) is 2.12. The maximum Gasteiger partial charge on any atom is 0.234 e. The number of aryl methyl sites for hydroxylation is 2. The highest BCUT2D eigenvalue weighted by Gasteiger charge is 2.03. The fraction of sp³-hybridized carbons (Fsp3) is 0.500. The quantitative estimate of drug-likeness (QED) is 0.715. The number of carbonyl (C=O) groups excluding carboxylic acids is 1. The van der Waals surface area contributed by atoms with E-state index in [1.165, 1.54) is 11.1 Å². The molecule has 0 aromatic heterocycles. The topological polar surface area (TPSA) is 64.3 Å². The van der Waals surface area contributed by atoms with Gasteiger partial charge in [-0.2, -0.15) is 0 Å². The molecule has 1 amide bonds. The summed E-state index contributed by atoms with van der Waals surface area (Å²) >= 11 is 1.56. The standard InChI is InChI=1S/C14H22N2O2S/c1-11-3-4-13(9-12(11)2)16-14(17)10-19-8-7-18-6-5-15/h3-4,9H,5-8,10,15H2,1-2H3,(H,16,17). The van der Waals surface area contributed by atoms with E-state index in [0.717, 1.165) is 11.4 Å². The zero-order chi connectivity index (χ0) is 14.1. The molecular formula is C14H22N2O2S. The van der Waals surface area contributed by atoms with Gasteiger partial charge < -0.3 is 15.8 Å². The molecule has 19 heavy (non-hydrogen) atoms. The van der Waals surface area contributed by atoms with Crippen molar-refractivity contribution in [3.05, 3.63) is 29.3 Å². The molecule has 0 spiro atoms. The first-order valence-corrected chi connectivity index (χ1v) is 7.51. The van der Waals surface area contributed by atoms with Crippen LogP contribution in [-0.2, 0) is 9.53 Å². The average Bonchev–Trinajstić information content (AvgIpc) is 2.38. The Labute approximate surface area is 119 Å². The van der Waals surface area contributed by atoms with Crippen LogP contribution in [0.3, 0.4) is 0 Å². The molecule has 0 heterocycles. The van der Waals surface area contributed by atoms with Crippen molar-refractivity contribution in [2.24, 2.45) is 5.73 Å². The van der Waals surface area contributed by atoms with Crippen molar-refractivity contribution < 1.29 is 9.53 Å². The number of nitrogens with one attached hydrogen (secondary N) is 1. The molecule has 1 rings (SSSR count). The van der Waals surface area contributed by atoms with E-state index in [-0.39, 0.29) is 5.91 Å². The summed E-state index contributed by atoms with van der Waals surface area (Å²) in [5, 5.41) is 2.89.